The van der Waals surface area contributed by atoms with Gasteiger partial charge in [-0.05, 0) is 69.0 Å². The van der Waals surface area contributed by atoms with E-state index in [9.17, 15) is 0 Å². The zero-order valence-electron chi connectivity index (χ0n) is 13.9. The number of halogens is 1. The molecule has 0 amide bonds. The normalized spacial score (nSPS) is 17.1. The summed E-state index contributed by atoms with van der Waals surface area (Å²) in [7, 11) is 0. The third kappa shape index (κ3) is 6.12. The molecular weight excluding hydrogens is 387 g/mol. The molecule has 3 N–H and O–H groups in total. The molecular formula is C17H29IN4. The quantitative estimate of drug-likeness (QED) is 0.440. The van der Waals surface area contributed by atoms with Crippen LogP contribution in [-0.4, -0.2) is 37.0 Å². The Kier molecular flexibility index (Phi) is 8.17. The Hall–Kier alpha value is -0.820. The predicted molar refractivity (Wildman–Crippen MR) is 106 cm³/mol. The smallest absolute Gasteiger partial charge is 0.193 e. The fourth-order valence-corrected chi connectivity index (χ4v) is 2.72. The van der Waals surface area contributed by atoms with E-state index in [1.807, 2.05) is 6.07 Å². The summed E-state index contributed by atoms with van der Waals surface area (Å²) in [6.45, 7) is 10.8. The molecule has 5 heteroatoms. The minimum Gasteiger partial charge on any atom is -0.370 e. The molecule has 1 aliphatic heterocycles. The molecule has 22 heavy (non-hydrogen) atoms. The molecule has 2 rings (SSSR count). The first-order valence-corrected chi connectivity index (χ1v) is 7.91. The van der Waals surface area contributed by atoms with Crippen molar-refractivity contribution in [1.29, 1.82) is 0 Å². The van der Waals surface area contributed by atoms with Crippen LogP contribution in [0.5, 0.6) is 0 Å². The van der Waals surface area contributed by atoms with Gasteiger partial charge in [-0.3, -0.25) is 4.99 Å². The van der Waals surface area contributed by atoms with Crippen molar-refractivity contribution in [3.63, 3.8) is 0 Å². The molecule has 124 valence electrons. The molecule has 1 heterocycles. The number of hydrogen-bond donors (Lipinski definition) is 2. The summed E-state index contributed by atoms with van der Waals surface area (Å²) >= 11 is 0. The monoisotopic (exact) mass is 416 g/mol. The highest BCUT2D eigenvalue weighted by Gasteiger charge is 2.14. The Morgan fingerprint density at radius 1 is 1.27 bits per heavy atom. The largest absolute Gasteiger partial charge is 0.370 e. The fraction of sp³-hybridized carbons (Fsp3) is 0.588. The lowest BCUT2D eigenvalue weighted by atomic mass is 10.1. The van der Waals surface area contributed by atoms with Crippen molar-refractivity contribution in [3.05, 3.63) is 29.3 Å². The minimum absolute atomic E-state index is 0. The van der Waals surface area contributed by atoms with E-state index >= 15 is 0 Å². The Morgan fingerprint density at radius 3 is 2.59 bits per heavy atom. The number of nitrogens with two attached hydrogens (primary N) is 1. The van der Waals surface area contributed by atoms with Crippen molar-refractivity contribution in [3.8, 4) is 0 Å². The van der Waals surface area contributed by atoms with Crippen LogP contribution >= 0.6 is 24.0 Å². The number of hydrogen-bond acceptors (Lipinski definition) is 2. The molecule has 0 saturated carbocycles. The molecule has 0 spiro atoms. The number of rotatable bonds is 5. The number of anilines is 1. The van der Waals surface area contributed by atoms with Crippen LogP contribution in [0.25, 0.3) is 0 Å². The molecule has 0 radical (unpaired) electrons. The molecule has 1 aromatic rings. The van der Waals surface area contributed by atoms with Crippen LogP contribution in [0.15, 0.2) is 23.2 Å². The molecule has 1 atom stereocenters. The second kappa shape index (κ2) is 9.35. The second-order valence-corrected chi connectivity index (χ2v) is 6.26. The summed E-state index contributed by atoms with van der Waals surface area (Å²) < 4.78 is 0. The average molecular weight is 416 g/mol. The maximum absolute atomic E-state index is 5.98. The summed E-state index contributed by atoms with van der Waals surface area (Å²) in [6.07, 6.45) is 2.68. The number of nitrogens with one attached hydrogen (secondary N) is 1. The van der Waals surface area contributed by atoms with Crippen molar-refractivity contribution in [1.82, 2.24) is 4.90 Å². The molecule has 0 aliphatic carbocycles. The second-order valence-electron chi connectivity index (χ2n) is 6.26. The van der Waals surface area contributed by atoms with E-state index in [1.54, 1.807) is 0 Å². The summed E-state index contributed by atoms with van der Waals surface area (Å²) in [5, 5.41) is 3.17. The van der Waals surface area contributed by atoms with Crippen molar-refractivity contribution in [2.45, 2.75) is 33.6 Å². The summed E-state index contributed by atoms with van der Waals surface area (Å²) in [5.74, 6) is 1.05. The van der Waals surface area contributed by atoms with Gasteiger partial charge < -0.3 is 16.0 Å². The van der Waals surface area contributed by atoms with Crippen LogP contribution < -0.4 is 11.1 Å². The standard InChI is InChI=1S/C17H28N4.HI/c1-13(12-21-8-4-5-9-21)11-19-17(18)20-16-7-6-14(2)15(3)10-16;/h6-7,10,13H,4-5,8-9,11-12H2,1-3H3,(H3,18,19,20);1H. The highest BCUT2D eigenvalue weighted by molar-refractivity contribution is 14.0. The average Bonchev–Trinajstić information content (AvgIpc) is 2.93. The van der Waals surface area contributed by atoms with E-state index in [4.69, 9.17) is 5.73 Å². The third-order valence-corrected chi connectivity index (χ3v) is 4.12. The van der Waals surface area contributed by atoms with Gasteiger partial charge >= 0.3 is 0 Å². The van der Waals surface area contributed by atoms with E-state index in [0.29, 0.717) is 11.9 Å². The van der Waals surface area contributed by atoms with E-state index in [0.717, 1.165) is 18.8 Å². The Bertz CT molecular complexity index is 495. The van der Waals surface area contributed by atoms with Crippen LogP contribution in [0.4, 0.5) is 5.69 Å². The Morgan fingerprint density at radius 2 is 1.95 bits per heavy atom. The first-order valence-electron chi connectivity index (χ1n) is 7.91. The van der Waals surface area contributed by atoms with E-state index in [-0.39, 0.29) is 24.0 Å². The molecule has 0 aromatic heterocycles. The van der Waals surface area contributed by atoms with Crippen LogP contribution in [0.2, 0.25) is 0 Å². The zero-order valence-corrected chi connectivity index (χ0v) is 16.3. The van der Waals surface area contributed by atoms with Gasteiger partial charge in [0, 0.05) is 18.8 Å². The van der Waals surface area contributed by atoms with Gasteiger partial charge in [-0.1, -0.05) is 13.0 Å². The lowest BCUT2D eigenvalue weighted by molar-refractivity contribution is 0.292. The molecule has 1 fully saturated rings. The maximum Gasteiger partial charge on any atom is 0.193 e. The molecule has 1 saturated heterocycles. The summed E-state index contributed by atoms with van der Waals surface area (Å²) in [4.78, 5) is 6.99. The maximum atomic E-state index is 5.98. The molecule has 0 bridgehead atoms. The van der Waals surface area contributed by atoms with Gasteiger partial charge in [-0.15, -0.1) is 24.0 Å². The van der Waals surface area contributed by atoms with E-state index < -0.39 is 0 Å². The van der Waals surface area contributed by atoms with Gasteiger partial charge in [-0.2, -0.15) is 0 Å². The third-order valence-electron chi connectivity index (χ3n) is 4.12. The van der Waals surface area contributed by atoms with Crippen molar-refractivity contribution < 1.29 is 0 Å². The van der Waals surface area contributed by atoms with Crippen molar-refractivity contribution >= 4 is 35.6 Å². The highest BCUT2D eigenvalue weighted by atomic mass is 127. The fourth-order valence-electron chi connectivity index (χ4n) is 2.72. The highest BCUT2D eigenvalue weighted by Crippen LogP contribution is 2.14. The minimum atomic E-state index is 0. The number of nitrogens with zero attached hydrogens (tertiary/aromatic N) is 2. The molecule has 1 aliphatic rings. The van der Waals surface area contributed by atoms with Crippen LogP contribution in [-0.2, 0) is 0 Å². The summed E-state index contributed by atoms with van der Waals surface area (Å²) in [6, 6.07) is 6.24. The van der Waals surface area contributed by atoms with Crippen molar-refractivity contribution in [2.24, 2.45) is 16.6 Å². The lowest BCUT2D eigenvalue weighted by Crippen LogP contribution is -2.28. The lowest BCUT2D eigenvalue weighted by Gasteiger charge is -2.19. The van der Waals surface area contributed by atoms with Gasteiger partial charge in [-0.25, -0.2) is 0 Å². The topological polar surface area (TPSA) is 53.6 Å². The van der Waals surface area contributed by atoms with Crippen LogP contribution in [0.1, 0.15) is 30.9 Å². The van der Waals surface area contributed by atoms with Gasteiger partial charge in [0.25, 0.3) is 0 Å². The molecule has 1 unspecified atom stereocenters. The Balaban J connectivity index is 0.00000242. The van der Waals surface area contributed by atoms with Gasteiger partial charge in [0.2, 0.25) is 0 Å². The number of guanidine groups is 1. The number of benzene rings is 1. The molecule has 1 aromatic carbocycles. The van der Waals surface area contributed by atoms with E-state index in [2.05, 4.69) is 48.1 Å². The van der Waals surface area contributed by atoms with Gasteiger partial charge in [0.15, 0.2) is 5.96 Å². The number of likely N-dealkylation sites (tertiary alicyclic amines) is 1. The first kappa shape index (κ1) is 19.2. The summed E-state index contributed by atoms with van der Waals surface area (Å²) in [5.41, 5.74) is 9.53. The van der Waals surface area contributed by atoms with Gasteiger partial charge in [0.1, 0.15) is 0 Å². The van der Waals surface area contributed by atoms with Crippen LogP contribution in [0, 0.1) is 19.8 Å². The number of aliphatic imine (C=N–C) groups is 1. The number of aryl methyl sites for hydroxylation is 2. The van der Waals surface area contributed by atoms with Gasteiger partial charge in [0.05, 0.1) is 0 Å². The zero-order chi connectivity index (χ0) is 15.2. The van der Waals surface area contributed by atoms with E-state index in [1.165, 1.54) is 37.1 Å². The first-order chi connectivity index (χ1) is 10.0. The van der Waals surface area contributed by atoms with Crippen LogP contribution in [0.3, 0.4) is 0 Å². The Labute approximate surface area is 151 Å². The SMILES string of the molecule is Cc1ccc(NC(N)=NCC(C)CN2CCCC2)cc1C.I. The molecule has 4 nitrogen and oxygen atoms in total. The van der Waals surface area contributed by atoms with Crippen molar-refractivity contribution in [2.75, 3.05) is 31.5 Å². The predicted octanol–water partition coefficient (Wildman–Crippen LogP) is 3.38.